The van der Waals surface area contributed by atoms with Crippen molar-refractivity contribution in [1.29, 1.82) is 0 Å². The lowest BCUT2D eigenvalue weighted by Gasteiger charge is -2.19. The van der Waals surface area contributed by atoms with Crippen LogP contribution in [0.4, 0.5) is 24.5 Å². The number of benzene rings is 3. The maximum absolute atomic E-state index is 12.9. The van der Waals surface area contributed by atoms with Crippen LogP contribution in [0.2, 0.25) is 5.02 Å². The predicted molar refractivity (Wildman–Crippen MR) is 135 cm³/mol. The third kappa shape index (κ3) is 6.68. The van der Waals surface area contributed by atoms with Gasteiger partial charge in [0.1, 0.15) is 4.90 Å². The Bertz CT molecular complexity index is 1420. The molecular weight excluding hydrogens is 531 g/mol. The largest absolute Gasteiger partial charge is 0.416 e. The second-order valence-electron chi connectivity index (χ2n) is 7.80. The normalized spacial score (nSPS) is 11.9. The molecule has 7 nitrogen and oxygen atoms in total. The van der Waals surface area contributed by atoms with E-state index in [1.165, 1.54) is 58.9 Å². The van der Waals surface area contributed by atoms with Gasteiger partial charge in [0.15, 0.2) is 0 Å². The highest BCUT2D eigenvalue weighted by Crippen LogP contribution is 2.31. The van der Waals surface area contributed by atoms with E-state index in [1.807, 2.05) is 0 Å². The first-order valence-corrected chi connectivity index (χ1v) is 12.9. The fourth-order valence-corrected chi connectivity index (χ4v) is 5.42. The van der Waals surface area contributed by atoms with Gasteiger partial charge >= 0.3 is 6.18 Å². The summed E-state index contributed by atoms with van der Waals surface area (Å²) >= 11 is 6.12. The molecule has 0 aromatic heterocycles. The molecule has 0 unspecified atom stereocenters. The molecule has 0 radical (unpaired) electrons. The molecule has 2 amide bonds. The Morgan fingerprint density at radius 2 is 1.38 bits per heavy atom. The smallest absolute Gasteiger partial charge is 0.322 e. The third-order valence-corrected chi connectivity index (χ3v) is 7.88. The molecular formula is C25H23ClF3N3O4S. The summed E-state index contributed by atoms with van der Waals surface area (Å²) in [6, 6.07) is 13.8. The summed E-state index contributed by atoms with van der Waals surface area (Å²) in [4.78, 5) is 25.2. The SMILES string of the molecule is CCN(CC)S(=O)(=O)c1cc(C(=O)Nc2cccc(C(=O)Nc3cccc(C(F)(F)F)c3)c2)ccc1Cl. The van der Waals surface area contributed by atoms with Crippen LogP contribution in [-0.2, 0) is 16.2 Å². The fraction of sp³-hybridized carbons (Fsp3) is 0.200. The zero-order valence-electron chi connectivity index (χ0n) is 19.8. The van der Waals surface area contributed by atoms with Crippen molar-refractivity contribution < 1.29 is 31.2 Å². The summed E-state index contributed by atoms with van der Waals surface area (Å²) in [6.45, 7) is 3.81. The van der Waals surface area contributed by atoms with Gasteiger partial charge in [0.2, 0.25) is 10.0 Å². The first-order valence-electron chi connectivity index (χ1n) is 11.1. The average Bonchev–Trinajstić information content (AvgIpc) is 2.84. The van der Waals surface area contributed by atoms with Crippen LogP contribution < -0.4 is 10.6 Å². The van der Waals surface area contributed by atoms with Crippen LogP contribution in [0.1, 0.15) is 40.1 Å². The first kappa shape index (κ1) is 28.2. The van der Waals surface area contributed by atoms with E-state index in [9.17, 15) is 31.2 Å². The number of carbonyl (C=O) groups excluding carboxylic acids is 2. The molecule has 3 aromatic carbocycles. The van der Waals surface area contributed by atoms with Crippen molar-refractivity contribution in [2.24, 2.45) is 0 Å². The molecule has 0 bridgehead atoms. The molecule has 0 aliphatic rings. The molecule has 0 fully saturated rings. The number of anilines is 2. The van der Waals surface area contributed by atoms with Crippen molar-refractivity contribution in [3.8, 4) is 0 Å². The summed E-state index contributed by atoms with van der Waals surface area (Å²) in [5, 5.41) is 4.95. The topological polar surface area (TPSA) is 95.6 Å². The van der Waals surface area contributed by atoms with Crippen molar-refractivity contribution in [1.82, 2.24) is 4.31 Å². The van der Waals surface area contributed by atoms with Crippen LogP contribution >= 0.6 is 11.6 Å². The van der Waals surface area contributed by atoms with Gasteiger partial charge in [0.25, 0.3) is 11.8 Å². The number of hydrogen-bond donors (Lipinski definition) is 2. The molecule has 0 atom stereocenters. The minimum Gasteiger partial charge on any atom is -0.322 e. The van der Waals surface area contributed by atoms with E-state index in [-0.39, 0.29) is 45.5 Å². The molecule has 3 rings (SSSR count). The molecule has 3 aromatic rings. The van der Waals surface area contributed by atoms with Crippen molar-refractivity contribution >= 4 is 44.8 Å². The number of halogens is 4. The van der Waals surface area contributed by atoms with Gasteiger partial charge in [0, 0.05) is 35.6 Å². The van der Waals surface area contributed by atoms with Crippen LogP contribution in [0, 0.1) is 0 Å². The Kier molecular flexibility index (Phi) is 8.62. The van der Waals surface area contributed by atoms with E-state index in [1.54, 1.807) is 13.8 Å². The van der Waals surface area contributed by atoms with E-state index in [2.05, 4.69) is 10.6 Å². The maximum atomic E-state index is 12.9. The highest BCUT2D eigenvalue weighted by molar-refractivity contribution is 7.89. The minimum absolute atomic E-state index is 0.0222. The second kappa shape index (κ2) is 11.3. The molecule has 0 aliphatic carbocycles. The average molecular weight is 554 g/mol. The summed E-state index contributed by atoms with van der Waals surface area (Å²) in [7, 11) is -3.92. The number of nitrogens with one attached hydrogen (secondary N) is 2. The molecule has 37 heavy (non-hydrogen) atoms. The van der Waals surface area contributed by atoms with Gasteiger partial charge in [-0.2, -0.15) is 17.5 Å². The number of carbonyl (C=O) groups is 2. The van der Waals surface area contributed by atoms with E-state index >= 15 is 0 Å². The van der Waals surface area contributed by atoms with Crippen molar-refractivity contribution in [2.75, 3.05) is 23.7 Å². The molecule has 0 saturated carbocycles. The van der Waals surface area contributed by atoms with Crippen LogP contribution in [0.15, 0.2) is 71.6 Å². The van der Waals surface area contributed by atoms with E-state index in [0.717, 1.165) is 12.1 Å². The molecule has 196 valence electrons. The highest BCUT2D eigenvalue weighted by Gasteiger charge is 2.30. The Labute approximate surface area is 217 Å². The van der Waals surface area contributed by atoms with Crippen LogP contribution in [0.3, 0.4) is 0 Å². The van der Waals surface area contributed by atoms with Crippen LogP contribution in [0.25, 0.3) is 0 Å². The zero-order chi connectivity index (χ0) is 27.4. The number of nitrogens with zero attached hydrogens (tertiary/aromatic N) is 1. The van der Waals surface area contributed by atoms with Crippen molar-refractivity contribution in [3.63, 3.8) is 0 Å². The van der Waals surface area contributed by atoms with Gasteiger partial charge in [-0.15, -0.1) is 0 Å². The Balaban J connectivity index is 1.80. The van der Waals surface area contributed by atoms with Gasteiger partial charge in [-0.3, -0.25) is 9.59 Å². The number of alkyl halides is 3. The highest BCUT2D eigenvalue weighted by atomic mass is 35.5. The van der Waals surface area contributed by atoms with Gasteiger partial charge in [-0.25, -0.2) is 8.42 Å². The lowest BCUT2D eigenvalue weighted by Crippen LogP contribution is -2.31. The maximum Gasteiger partial charge on any atom is 0.416 e. The number of rotatable bonds is 8. The number of amides is 2. The van der Waals surface area contributed by atoms with Gasteiger partial charge in [0.05, 0.1) is 10.6 Å². The van der Waals surface area contributed by atoms with Crippen LogP contribution in [0.5, 0.6) is 0 Å². The first-order chi connectivity index (χ1) is 17.4. The monoisotopic (exact) mass is 553 g/mol. The van der Waals surface area contributed by atoms with Gasteiger partial charge in [-0.1, -0.05) is 37.6 Å². The van der Waals surface area contributed by atoms with Crippen LogP contribution in [-0.4, -0.2) is 37.6 Å². The van der Waals surface area contributed by atoms with Crippen molar-refractivity contribution in [3.05, 3.63) is 88.4 Å². The summed E-state index contributed by atoms with van der Waals surface area (Å²) in [5.41, 5.74) is -0.635. The Hall–Kier alpha value is -3.41. The molecule has 12 heteroatoms. The second-order valence-corrected chi connectivity index (χ2v) is 10.1. The third-order valence-electron chi connectivity index (χ3n) is 5.35. The standard InChI is InChI=1S/C25H23ClF3N3O4S/c1-3-32(4-2)37(35,36)22-14-17(11-12-21(22)26)24(34)30-19-9-5-7-16(13-19)23(33)31-20-10-6-8-18(15-20)25(27,28)29/h5-15H,3-4H2,1-2H3,(H,30,34)(H,31,33). The van der Waals surface area contributed by atoms with Gasteiger partial charge < -0.3 is 10.6 Å². The number of hydrogen-bond acceptors (Lipinski definition) is 4. The summed E-state index contributed by atoms with van der Waals surface area (Å²) in [6.07, 6.45) is -4.56. The molecule has 0 saturated heterocycles. The summed E-state index contributed by atoms with van der Waals surface area (Å²) < 4.78 is 65.8. The number of sulfonamides is 1. The predicted octanol–water partition coefficient (Wildman–Crippen LogP) is 5.89. The van der Waals surface area contributed by atoms with E-state index < -0.39 is 33.6 Å². The minimum atomic E-state index is -4.56. The lowest BCUT2D eigenvalue weighted by molar-refractivity contribution is -0.137. The molecule has 0 spiro atoms. The zero-order valence-corrected chi connectivity index (χ0v) is 21.3. The molecule has 2 N–H and O–H groups in total. The van der Waals surface area contributed by atoms with Crippen molar-refractivity contribution in [2.45, 2.75) is 24.9 Å². The molecule has 0 heterocycles. The van der Waals surface area contributed by atoms with Gasteiger partial charge in [-0.05, 0) is 54.6 Å². The fourth-order valence-electron chi connectivity index (χ4n) is 3.46. The summed E-state index contributed by atoms with van der Waals surface area (Å²) in [5.74, 6) is -1.34. The molecule has 0 aliphatic heterocycles. The Morgan fingerprint density at radius 3 is 1.95 bits per heavy atom. The quantitative estimate of drug-likeness (QED) is 0.363. The lowest BCUT2D eigenvalue weighted by atomic mass is 10.1. The van der Waals surface area contributed by atoms with E-state index in [0.29, 0.717) is 0 Å². The van der Waals surface area contributed by atoms with E-state index in [4.69, 9.17) is 11.6 Å². The Morgan fingerprint density at radius 1 is 0.838 bits per heavy atom.